The van der Waals surface area contributed by atoms with E-state index in [1.54, 1.807) is 42.1 Å². The van der Waals surface area contributed by atoms with E-state index in [-0.39, 0.29) is 21.2 Å². The molecule has 2 heterocycles. The van der Waals surface area contributed by atoms with Gasteiger partial charge in [-0.2, -0.15) is 0 Å². The van der Waals surface area contributed by atoms with Crippen molar-refractivity contribution in [1.29, 1.82) is 0 Å². The summed E-state index contributed by atoms with van der Waals surface area (Å²) in [6.07, 6.45) is 1.66. The van der Waals surface area contributed by atoms with Gasteiger partial charge in [0.1, 0.15) is 0 Å². The molecule has 0 amide bonds. The molecule has 2 N–H and O–H groups in total. The maximum absolute atomic E-state index is 12.9. The average Bonchev–Trinajstić information content (AvgIpc) is 2.99. The van der Waals surface area contributed by atoms with Gasteiger partial charge in [0.05, 0.1) is 38.7 Å². The number of hydrogen-bond acceptors (Lipinski definition) is 4. The Hall–Kier alpha value is -2.81. The maximum atomic E-state index is 12.9. The van der Waals surface area contributed by atoms with Crippen molar-refractivity contribution in [2.24, 2.45) is 0 Å². The topological polar surface area (TPSA) is 96.9 Å². The maximum Gasteiger partial charge on any atom is 0.272 e. The Morgan fingerprint density at radius 1 is 1.10 bits per heavy atom. The lowest BCUT2D eigenvalue weighted by molar-refractivity contribution is 0.600. The number of nitrogens with zero attached hydrogens (tertiary/aromatic N) is 2. The van der Waals surface area contributed by atoms with Gasteiger partial charge in [-0.15, -0.1) is 0 Å². The number of fused-ring (bicyclic) bond motifs is 1. The summed E-state index contributed by atoms with van der Waals surface area (Å²) in [6.45, 7) is 1.95. The lowest BCUT2D eigenvalue weighted by Gasteiger charge is -2.13. The van der Waals surface area contributed by atoms with Crippen LogP contribution in [0.15, 0.2) is 64.4 Å². The molecule has 0 spiro atoms. The number of anilines is 1. The third-order valence-corrected chi connectivity index (χ3v) is 6.89. The first kappa shape index (κ1) is 20.5. The van der Waals surface area contributed by atoms with Crippen LogP contribution in [-0.4, -0.2) is 23.2 Å². The Labute approximate surface area is 182 Å². The van der Waals surface area contributed by atoms with Crippen LogP contribution in [0.25, 0.3) is 10.9 Å². The Kier molecular flexibility index (Phi) is 5.31. The summed E-state index contributed by atoms with van der Waals surface area (Å²) in [7, 11) is -3.96. The number of nitrogens with one attached hydrogen (secondary N) is 2. The first-order chi connectivity index (χ1) is 14.3. The van der Waals surface area contributed by atoms with Crippen molar-refractivity contribution >= 4 is 49.8 Å². The molecule has 0 atom stereocenters. The molecule has 0 fully saturated rings. The van der Waals surface area contributed by atoms with Crippen LogP contribution < -0.4 is 10.3 Å². The van der Waals surface area contributed by atoms with Crippen molar-refractivity contribution in [3.05, 3.63) is 86.4 Å². The molecule has 0 bridgehead atoms. The summed E-state index contributed by atoms with van der Waals surface area (Å²) in [5.41, 5.74) is 1.45. The third kappa shape index (κ3) is 3.81. The van der Waals surface area contributed by atoms with Crippen molar-refractivity contribution in [3.8, 4) is 0 Å². The lowest BCUT2D eigenvalue weighted by atomic mass is 10.2. The molecule has 0 unspecified atom stereocenters. The van der Waals surface area contributed by atoms with E-state index in [0.717, 1.165) is 5.69 Å². The summed E-state index contributed by atoms with van der Waals surface area (Å²) in [6, 6.07) is 13.1. The second kappa shape index (κ2) is 7.79. The average molecular weight is 463 g/mol. The minimum atomic E-state index is -3.96. The van der Waals surface area contributed by atoms with Crippen molar-refractivity contribution in [2.45, 2.75) is 18.4 Å². The van der Waals surface area contributed by atoms with Gasteiger partial charge in [0.15, 0.2) is 0 Å². The molecule has 0 saturated carbocycles. The van der Waals surface area contributed by atoms with E-state index in [1.165, 1.54) is 12.1 Å². The predicted molar refractivity (Wildman–Crippen MR) is 118 cm³/mol. The Morgan fingerprint density at radius 2 is 1.90 bits per heavy atom. The summed E-state index contributed by atoms with van der Waals surface area (Å²) >= 11 is 12.4. The molecule has 2 aromatic heterocycles. The molecular formula is C20H16Cl2N4O3S. The molecule has 4 rings (SSSR count). The molecule has 7 nitrogen and oxygen atoms in total. The van der Waals surface area contributed by atoms with E-state index in [0.29, 0.717) is 28.0 Å². The SMILES string of the molecule is Cc1c(Cl)cccc1S(=O)(=O)Nc1cc2c(=O)[nH]n(Cc3ccccn3)c2cc1Cl. The van der Waals surface area contributed by atoms with Crippen LogP contribution in [0.5, 0.6) is 0 Å². The van der Waals surface area contributed by atoms with E-state index < -0.39 is 10.0 Å². The van der Waals surface area contributed by atoms with Crippen LogP contribution >= 0.6 is 23.2 Å². The zero-order valence-corrected chi connectivity index (χ0v) is 18.0. The minimum Gasteiger partial charge on any atom is -0.278 e. The number of benzene rings is 2. The fourth-order valence-electron chi connectivity index (χ4n) is 3.15. The van der Waals surface area contributed by atoms with Crippen molar-refractivity contribution in [1.82, 2.24) is 14.8 Å². The number of aromatic amines is 1. The molecule has 0 aliphatic heterocycles. The molecule has 0 aliphatic carbocycles. The number of aromatic nitrogens is 3. The van der Waals surface area contributed by atoms with Gasteiger partial charge >= 0.3 is 0 Å². The van der Waals surface area contributed by atoms with Gasteiger partial charge in [-0.05, 0) is 48.9 Å². The molecular weight excluding hydrogens is 447 g/mol. The van der Waals surface area contributed by atoms with Gasteiger partial charge in [-0.1, -0.05) is 35.3 Å². The largest absolute Gasteiger partial charge is 0.278 e. The Bertz CT molecular complexity index is 1410. The molecule has 2 aromatic carbocycles. The van der Waals surface area contributed by atoms with E-state index in [4.69, 9.17) is 23.2 Å². The molecule has 0 radical (unpaired) electrons. The summed E-state index contributed by atoms with van der Waals surface area (Å²) in [5, 5.41) is 3.52. The van der Waals surface area contributed by atoms with E-state index in [1.807, 2.05) is 12.1 Å². The highest BCUT2D eigenvalue weighted by molar-refractivity contribution is 7.92. The second-order valence-electron chi connectivity index (χ2n) is 6.67. The smallest absolute Gasteiger partial charge is 0.272 e. The van der Waals surface area contributed by atoms with Gasteiger partial charge in [-0.3, -0.25) is 24.3 Å². The normalized spacial score (nSPS) is 11.7. The van der Waals surface area contributed by atoms with Crippen LogP contribution in [0.2, 0.25) is 10.0 Å². The van der Waals surface area contributed by atoms with Crippen LogP contribution in [-0.2, 0) is 16.6 Å². The fraction of sp³-hybridized carbons (Fsp3) is 0.100. The number of pyridine rings is 1. The van der Waals surface area contributed by atoms with Gasteiger partial charge in [0, 0.05) is 11.2 Å². The standard InChI is InChI=1S/C20H16Cl2N4O3S/c1-12-15(21)6-4-7-19(12)30(28,29)25-17-9-14-18(10-16(17)22)26(24-20(14)27)11-13-5-2-3-8-23-13/h2-10,25H,11H2,1H3,(H,24,27). The predicted octanol–water partition coefficient (Wildman–Crippen LogP) is 4.19. The quantitative estimate of drug-likeness (QED) is 0.464. The van der Waals surface area contributed by atoms with E-state index >= 15 is 0 Å². The minimum absolute atomic E-state index is 0.0350. The zero-order valence-electron chi connectivity index (χ0n) is 15.7. The number of rotatable bonds is 5. The number of H-pyrrole nitrogens is 1. The van der Waals surface area contributed by atoms with Crippen LogP contribution in [0.4, 0.5) is 5.69 Å². The zero-order chi connectivity index (χ0) is 21.5. The van der Waals surface area contributed by atoms with Crippen molar-refractivity contribution in [3.63, 3.8) is 0 Å². The van der Waals surface area contributed by atoms with Crippen LogP contribution in [0, 0.1) is 6.92 Å². The van der Waals surface area contributed by atoms with Gasteiger partial charge in [-0.25, -0.2) is 8.42 Å². The first-order valence-corrected chi connectivity index (χ1v) is 11.1. The van der Waals surface area contributed by atoms with E-state index in [9.17, 15) is 13.2 Å². The van der Waals surface area contributed by atoms with Crippen LogP contribution in [0.3, 0.4) is 0 Å². The van der Waals surface area contributed by atoms with Crippen LogP contribution in [0.1, 0.15) is 11.3 Å². The monoisotopic (exact) mass is 462 g/mol. The highest BCUT2D eigenvalue weighted by Gasteiger charge is 2.21. The second-order valence-corrected chi connectivity index (χ2v) is 9.13. The molecule has 4 aromatic rings. The molecule has 0 saturated heterocycles. The number of sulfonamides is 1. The number of halogens is 2. The van der Waals surface area contributed by atoms with Gasteiger partial charge < -0.3 is 0 Å². The van der Waals surface area contributed by atoms with Crippen molar-refractivity contribution in [2.75, 3.05) is 4.72 Å². The third-order valence-electron chi connectivity index (χ3n) is 4.66. The fourth-order valence-corrected chi connectivity index (χ4v) is 4.98. The number of hydrogen-bond donors (Lipinski definition) is 2. The summed E-state index contributed by atoms with van der Waals surface area (Å²) < 4.78 is 29.8. The van der Waals surface area contributed by atoms with Gasteiger partial charge in [0.25, 0.3) is 15.6 Å². The Balaban J connectivity index is 1.74. The highest BCUT2D eigenvalue weighted by atomic mass is 35.5. The molecule has 0 aliphatic rings. The summed E-state index contributed by atoms with van der Waals surface area (Å²) in [5.74, 6) is 0. The highest BCUT2D eigenvalue weighted by Crippen LogP contribution is 2.30. The lowest BCUT2D eigenvalue weighted by Crippen LogP contribution is -2.15. The van der Waals surface area contributed by atoms with E-state index in [2.05, 4.69) is 14.8 Å². The summed E-state index contributed by atoms with van der Waals surface area (Å²) in [4.78, 5) is 16.7. The molecule has 30 heavy (non-hydrogen) atoms. The molecule has 154 valence electrons. The first-order valence-electron chi connectivity index (χ1n) is 8.86. The Morgan fingerprint density at radius 3 is 2.63 bits per heavy atom. The van der Waals surface area contributed by atoms with Gasteiger partial charge in [0.2, 0.25) is 0 Å². The molecule has 10 heteroatoms. The van der Waals surface area contributed by atoms with Crippen molar-refractivity contribution < 1.29 is 8.42 Å².